The minimum atomic E-state index is 0. The van der Waals surface area contributed by atoms with Crippen LogP contribution in [0.25, 0.3) is 0 Å². The van der Waals surface area contributed by atoms with Crippen LogP contribution in [-0.4, -0.2) is 68.9 Å². The first kappa shape index (κ1) is 23.6. The van der Waals surface area contributed by atoms with Crippen molar-refractivity contribution in [2.75, 3.05) is 50.8 Å². The number of nitrogens with one attached hydrogen (secondary N) is 2. The zero-order valence-corrected chi connectivity index (χ0v) is 20.8. The molecule has 3 aliphatic rings. The number of morpholine rings is 1. The van der Waals surface area contributed by atoms with Crippen LogP contribution in [0.4, 0.5) is 5.69 Å². The van der Waals surface area contributed by atoms with E-state index in [2.05, 4.69) is 58.5 Å². The fourth-order valence-electron chi connectivity index (χ4n) is 4.76. The van der Waals surface area contributed by atoms with Crippen LogP contribution < -0.4 is 15.5 Å². The molecule has 0 aliphatic carbocycles. The molecule has 168 valence electrons. The fraction of sp³-hybridized carbons (Fsp3) is 0.696. The van der Waals surface area contributed by atoms with Gasteiger partial charge in [-0.1, -0.05) is 12.1 Å². The van der Waals surface area contributed by atoms with E-state index in [9.17, 15) is 0 Å². The summed E-state index contributed by atoms with van der Waals surface area (Å²) < 4.78 is 6.07. The molecule has 3 aliphatic heterocycles. The first-order chi connectivity index (χ1) is 14.2. The molecule has 3 fully saturated rings. The van der Waals surface area contributed by atoms with Crippen LogP contribution in [0.15, 0.2) is 29.3 Å². The topological polar surface area (TPSA) is 52.1 Å². The maximum Gasteiger partial charge on any atom is 0.191 e. The Hall–Kier alpha value is -1.06. The number of hydrogen-bond donors (Lipinski definition) is 2. The van der Waals surface area contributed by atoms with Crippen LogP contribution in [-0.2, 0) is 4.74 Å². The summed E-state index contributed by atoms with van der Waals surface area (Å²) in [5, 5.41) is 6.99. The normalized spacial score (nSPS) is 25.5. The van der Waals surface area contributed by atoms with Crippen molar-refractivity contribution in [1.29, 1.82) is 0 Å². The molecule has 0 saturated carbocycles. The van der Waals surface area contributed by atoms with Gasteiger partial charge in [0.15, 0.2) is 5.96 Å². The van der Waals surface area contributed by atoms with Crippen LogP contribution in [0, 0.1) is 0 Å². The van der Waals surface area contributed by atoms with E-state index in [-0.39, 0.29) is 36.1 Å². The summed E-state index contributed by atoms with van der Waals surface area (Å²) >= 11 is 0. The largest absolute Gasteiger partial charge is 0.373 e. The summed E-state index contributed by atoms with van der Waals surface area (Å²) in [6.07, 6.45) is 5.40. The lowest BCUT2D eigenvalue weighted by atomic mass is 10.1. The third-order valence-corrected chi connectivity index (χ3v) is 6.45. The number of benzene rings is 1. The Balaban J connectivity index is 0.00000256. The summed E-state index contributed by atoms with van der Waals surface area (Å²) in [7, 11) is 0. The third-order valence-electron chi connectivity index (χ3n) is 6.45. The Kier molecular flexibility index (Phi) is 9.07. The third kappa shape index (κ3) is 6.01. The Morgan fingerprint density at radius 3 is 2.87 bits per heavy atom. The predicted molar refractivity (Wildman–Crippen MR) is 135 cm³/mol. The van der Waals surface area contributed by atoms with Crippen LogP contribution in [0.2, 0.25) is 0 Å². The van der Waals surface area contributed by atoms with Gasteiger partial charge in [0.25, 0.3) is 0 Å². The van der Waals surface area contributed by atoms with Gasteiger partial charge in [0.2, 0.25) is 0 Å². The number of ether oxygens (including phenoxy) is 1. The van der Waals surface area contributed by atoms with E-state index in [1.165, 1.54) is 56.6 Å². The maximum atomic E-state index is 6.07. The number of nitrogens with zero attached hydrogens (tertiary/aromatic N) is 3. The zero-order valence-electron chi connectivity index (χ0n) is 18.5. The molecule has 0 spiro atoms. The molecule has 0 bridgehead atoms. The van der Waals surface area contributed by atoms with E-state index in [1.54, 1.807) is 0 Å². The molecule has 0 aromatic heterocycles. The number of anilines is 1. The van der Waals surface area contributed by atoms with Crippen molar-refractivity contribution in [1.82, 2.24) is 15.5 Å². The molecule has 4 rings (SSSR count). The smallest absolute Gasteiger partial charge is 0.191 e. The highest BCUT2D eigenvalue weighted by molar-refractivity contribution is 14.0. The van der Waals surface area contributed by atoms with E-state index in [0.717, 1.165) is 25.7 Å². The van der Waals surface area contributed by atoms with E-state index in [0.29, 0.717) is 12.6 Å². The number of hydrogen-bond acceptors (Lipinski definition) is 4. The van der Waals surface area contributed by atoms with Crippen LogP contribution >= 0.6 is 24.0 Å². The number of aliphatic imine (C=N–C) groups is 1. The average Bonchev–Trinajstić information content (AvgIpc) is 3.44. The van der Waals surface area contributed by atoms with Gasteiger partial charge in [-0.25, -0.2) is 0 Å². The standard InChI is InChI=1S/C23H37N5O.HI/c1-3-24-23(25-15-22-16-28-13-7-10-21(28)17-29-22)26-18(2)19-8-6-9-20(14-19)27-11-4-5-12-27;/h6,8-9,14,18,21-22H,3-5,7,10-13,15-17H2,1-2H3,(H2,24,25,26);1H. The highest BCUT2D eigenvalue weighted by Gasteiger charge is 2.32. The molecule has 7 heteroatoms. The van der Waals surface area contributed by atoms with E-state index < -0.39 is 0 Å². The van der Waals surface area contributed by atoms with Gasteiger partial charge < -0.3 is 20.3 Å². The average molecular weight is 527 g/mol. The lowest BCUT2D eigenvalue weighted by Crippen LogP contribution is -2.47. The first-order valence-electron chi connectivity index (χ1n) is 11.5. The van der Waals surface area contributed by atoms with Gasteiger partial charge in [0.1, 0.15) is 0 Å². The second-order valence-corrected chi connectivity index (χ2v) is 8.62. The van der Waals surface area contributed by atoms with Crippen LogP contribution in [0.1, 0.15) is 51.1 Å². The lowest BCUT2D eigenvalue weighted by molar-refractivity contribution is -0.0432. The predicted octanol–water partition coefficient (Wildman–Crippen LogP) is 3.38. The Morgan fingerprint density at radius 1 is 1.23 bits per heavy atom. The number of fused-ring (bicyclic) bond motifs is 1. The van der Waals surface area contributed by atoms with Crippen molar-refractivity contribution in [3.05, 3.63) is 29.8 Å². The van der Waals surface area contributed by atoms with Gasteiger partial charge >= 0.3 is 0 Å². The maximum absolute atomic E-state index is 6.07. The zero-order chi connectivity index (χ0) is 20.1. The second-order valence-electron chi connectivity index (χ2n) is 8.62. The van der Waals surface area contributed by atoms with Gasteiger partial charge in [-0.15, -0.1) is 24.0 Å². The van der Waals surface area contributed by atoms with Crippen molar-refractivity contribution in [3.8, 4) is 0 Å². The second kappa shape index (κ2) is 11.5. The minimum Gasteiger partial charge on any atom is -0.373 e. The van der Waals surface area contributed by atoms with Crippen molar-refractivity contribution < 1.29 is 4.74 Å². The number of rotatable bonds is 6. The summed E-state index contributed by atoms with van der Waals surface area (Å²) in [4.78, 5) is 9.92. The van der Waals surface area contributed by atoms with Crippen molar-refractivity contribution in [3.63, 3.8) is 0 Å². The van der Waals surface area contributed by atoms with E-state index in [1.807, 2.05) is 0 Å². The Labute approximate surface area is 198 Å². The van der Waals surface area contributed by atoms with Crippen molar-refractivity contribution in [2.45, 2.75) is 57.7 Å². The van der Waals surface area contributed by atoms with Gasteiger partial charge in [0, 0.05) is 37.9 Å². The van der Waals surface area contributed by atoms with Crippen molar-refractivity contribution in [2.24, 2.45) is 4.99 Å². The number of halogens is 1. The fourth-order valence-corrected chi connectivity index (χ4v) is 4.76. The van der Waals surface area contributed by atoms with E-state index in [4.69, 9.17) is 9.73 Å². The van der Waals surface area contributed by atoms with Crippen molar-refractivity contribution >= 4 is 35.6 Å². The summed E-state index contributed by atoms with van der Waals surface area (Å²) in [6.45, 7) is 11.3. The van der Waals surface area contributed by atoms with Gasteiger partial charge in [-0.3, -0.25) is 9.89 Å². The van der Waals surface area contributed by atoms with Crippen LogP contribution in [0.3, 0.4) is 0 Å². The first-order valence-corrected chi connectivity index (χ1v) is 11.5. The molecule has 1 aromatic carbocycles. The molecule has 0 radical (unpaired) electrons. The molecular weight excluding hydrogens is 489 g/mol. The lowest BCUT2D eigenvalue weighted by Gasteiger charge is -2.34. The molecule has 0 amide bonds. The highest BCUT2D eigenvalue weighted by atomic mass is 127. The monoisotopic (exact) mass is 527 g/mol. The van der Waals surface area contributed by atoms with Gasteiger partial charge in [-0.2, -0.15) is 0 Å². The molecule has 6 nitrogen and oxygen atoms in total. The van der Waals surface area contributed by atoms with Gasteiger partial charge in [-0.05, 0) is 63.8 Å². The molecule has 3 saturated heterocycles. The molecule has 2 N–H and O–H groups in total. The quantitative estimate of drug-likeness (QED) is 0.338. The summed E-state index contributed by atoms with van der Waals surface area (Å²) in [6, 6.07) is 9.78. The molecule has 3 heterocycles. The molecule has 30 heavy (non-hydrogen) atoms. The van der Waals surface area contributed by atoms with Gasteiger partial charge in [0.05, 0.1) is 25.3 Å². The van der Waals surface area contributed by atoms with Crippen LogP contribution in [0.5, 0.6) is 0 Å². The SMILES string of the molecule is CCNC(=NCC1CN2CCCC2CO1)NC(C)c1cccc(N2CCCC2)c1.I. The molecular formula is C23H38IN5O. The summed E-state index contributed by atoms with van der Waals surface area (Å²) in [5.74, 6) is 0.874. The Morgan fingerprint density at radius 2 is 2.07 bits per heavy atom. The number of guanidine groups is 1. The Bertz CT molecular complexity index is 694. The van der Waals surface area contributed by atoms with E-state index >= 15 is 0 Å². The minimum absolute atomic E-state index is 0. The summed E-state index contributed by atoms with van der Waals surface area (Å²) in [5.41, 5.74) is 2.64. The molecule has 1 aromatic rings. The molecule has 3 unspecified atom stereocenters. The molecule has 3 atom stereocenters. The highest BCUT2D eigenvalue weighted by Crippen LogP contribution is 2.24.